The van der Waals surface area contributed by atoms with Crippen LogP contribution in [0.1, 0.15) is 37.7 Å². The predicted octanol–water partition coefficient (Wildman–Crippen LogP) is 2.94. The topological polar surface area (TPSA) is 125 Å². The van der Waals surface area contributed by atoms with E-state index in [4.69, 9.17) is 11.6 Å². The van der Waals surface area contributed by atoms with Crippen molar-refractivity contribution in [1.82, 2.24) is 15.5 Å². The molecule has 1 aromatic rings. The molecule has 0 radical (unpaired) electrons. The fourth-order valence-electron chi connectivity index (χ4n) is 5.82. The molecule has 3 amide bonds. The molecule has 9 nitrogen and oxygen atoms in total. The molecular weight excluding hydrogens is 573 g/mol. The van der Waals surface area contributed by atoms with Crippen molar-refractivity contribution < 1.29 is 36.0 Å². The Balaban J connectivity index is 1.59. The van der Waals surface area contributed by atoms with Crippen LogP contribution in [0.5, 0.6) is 0 Å². The lowest BCUT2D eigenvalue weighted by molar-refractivity contribution is -0.193. The van der Waals surface area contributed by atoms with Crippen LogP contribution in [0, 0.1) is 18.8 Å². The maximum Gasteiger partial charge on any atom is 0.255 e. The highest BCUT2D eigenvalue weighted by Gasteiger charge is 2.60. The van der Waals surface area contributed by atoms with Crippen LogP contribution in [0.15, 0.2) is 29.4 Å². The smallest absolute Gasteiger partial charge is 0.255 e. The summed E-state index contributed by atoms with van der Waals surface area (Å²) in [7, 11) is -4.26. The number of hydrogen-bond donors (Lipinski definition) is 3. The highest BCUT2D eigenvalue weighted by molar-refractivity contribution is 7.94. The fraction of sp³-hybridized carbons (Fsp3) is 0.577. The van der Waals surface area contributed by atoms with Crippen LogP contribution >= 0.6 is 11.6 Å². The number of hydrogen-bond acceptors (Lipinski definition) is 6. The second kappa shape index (κ2) is 11.6. The molecule has 5 rings (SSSR count). The molecule has 0 spiro atoms. The monoisotopic (exact) mass is 604 g/mol. The number of piperidine rings is 2. The molecule has 14 heteroatoms. The number of anilines is 1. The number of sulfone groups is 1. The minimum atomic E-state index is -4.26. The summed E-state index contributed by atoms with van der Waals surface area (Å²) in [5.74, 6) is -7.20. The molecule has 0 aromatic heterocycles. The van der Waals surface area contributed by atoms with Gasteiger partial charge in [-0.1, -0.05) is 17.7 Å². The minimum absolute atomic E-state index is 0.00357. The molecule has 1 saturated carbocycles. The lowest BCUT2D eigenvalue weighted by Gasteiger charge is -2.53. The quantitative estimate of drug-likeness (QED) is 0.398. The molecule has 3 aliphatic heterocycles. The molecule has 5 unspecified atom stereocenters. The summed E-state index contributed by atoms with van der Waals surface area (Å²) < 4.78 is 67.9. The highest BCUT2D eigenvalue weighted by Crippen LogP contribution is 2.49. The molecular formula is C26H32ClF3N4O5S. The second-order valence-corrected chi connectivity index (χ2v) is 13.0. The second-order valence-electron chi connectivity index (χ2n) is 10.7. The largest absolute Gasteiger partial charge is 0.376 e. The average Bonchev–Trinajstić information content (AvgIpc) is 3.27. The Hall–Kier alpha value is -2.80. The van der Waals surface area contributed by atoms with Crippen molar-refractivity contribution >= 4 is 44.8 Å². The van der Waals surface area contributed by atoms with Crippen molar-refractivity contribution in [3.05, 3.63) is 40.0 Å². The molecule has 1 aliphatic carbocycles. The molecule has 40 heavy (non-hydrogen) atoms. The van der Waals surface area contributed by atoms with Gasteiger partial charge in [0, 0.05) is 41.9 Å². The number of carbonyl (C=O) groups is 3. The van der Waals surface area contributed by atoms with E-state index in [1.54, 1.807) is 25.1 Å². The summed E-state index contributed by atoms with van der Waals surface area (Å²) in [5, 5.41) is 7.01. The molecule has 3 saturated heterocycles. The SMILES string of the molecule is Cc1c(Cl)cccc1NCC(=O)N1C2CCC(C1C(=O)NC(C=C(F)S(C)(=O)=O)CC1CCNC1=O)C(F)(F)C2. The number of alkyl halides is 2. The van der Waals surface area contributed by atoms with E-state index >= 15 is 8.78 Å². The van der Waals surface area contributed by atoms with Crippen molar-refractivity contribution in [1.29, 1.82) is 0 Å². The summed E-state index contributed by atoms with van der Waals surface area (Å²) in [6.07, 6.45) is 1.27. The fourth-order valence-corrected chi connectivity index (χ4v) is 6.41. The normalized spacial score (nSPS) is 26.8. The van der Waals surface area contributed by atoms with Gasteiger partial charge in [0.25, 0.3) is 5.92 Å². The maximum atomic E-state index is 15.0. The van der Waals surface area contributed by atoms with Gasteiger partial charge in [-0.2, -0.15) is 4.39 Å². The van der Waals surface area contributed by atoms with Crippen LogP contribution in [-0.2, 0) is 24.2 Å². The van der Waals surface area contributed by atoms with Crippen molar-refractivity contribution in [2.75, 3.05) is 24.7 Å². The van der Waals surface area contributed by atoms with Gasteiger partial charge in [-0.3, -0.25) is 14.4 Å². The number of nitrogens with one attached hydrogen (secondary N) is 3. The summed E-state index contributed by atoms with van der Waals surface area (Å²) >= 11 is 6.14. The van der Waals surface area contributed by atoms with Gasteiger partial charge in [0.15, 0.2) is 0 Å². The number of amides is 3. The predicted molar refractivity (Wildman–Crippen MR) is 143 cm³/mol. The van der Waals surface area contributed by atoms with Gasteiger partial charge in [0.05, 0.1) is 18.5 Å². The van der Waals surface area contributed by atoms with Crippen LogP contribution in [-0.4, -0.2) is 74.4 Å². The summed E-state index contributed by atoms with van der Waals surface area (Å²) in [5.41, 5.74) is 1.27. The number of nitrogens with zero attached hydrogens (tertiary/aromatic N) is 1. The van der Waals surface area contributed by atoms with Gasteiger partial charge in [0.1, 0.15) is 6.04 Å². The Bertz CT molecular complexity index is 1330. The number of halogens is 4. The number of carbonyl (C=O) groups excluding carboxylic acids is 3. The first-order valence-electron chi connectivity index (χ1n) is 13.0. The third-order valence-electron chi connectivity index (χ3n) is 7.91. The van der Waals surface area contributed by atoms with Gasteiger partial charge in [-0.05, 0) is 56.4 Å². The van der Waals surface area contributed by atoms with E-state index in [0.29, 0.717) is 48.0 Å². The zero-order chi connectivity index (χ0) is 29.4. The van der Waals surface area contributed by atoms with Crippen LogP contribution in [0.3, 0.4) is 0 Å². The molecule has 4 aliphatic rings. The van der Waals surface area contributed by atoms with E-state index in [9.17, 15) is 27.2 Å². The van der Waals surface area contributed by atoms with Crippen LogP contribution in [0.2, 0.25) is 5.02 Å². The van der Waals surface area contributed by atoms with E-state index in [1.807, 2.05) is 0 Å². The lowest BCUT2D eigenvalue weighted by Crippen LogP contribution is -2.69. The van der Waals surface area contributed by atoms with Crippen molar-refractivity contribution in [3.8, 4) is 0 Å². The first kappa shape index (κ1) is 30.2. The van der Waals surface area contributed by atoms with Gasteiger partial charge < -0.3 is 20.9 Å². The number of benzene rings is 1. The third kappa shape index (κ3) is 6.40. The van der Waals surface area contributed by atoms with Gasteiger partial charge in [-0.25, -0.2) is 17.2 Å². The van der Waals surface area contributed by atoms with Crippen LogP contribution < -0.4 is 16.0 Å². The first-order valence-corrected chi connectivity index (χ1v) is 15.3. The van der Waals surface area contributed by atoms with E-state index in [2.05, 4.69) is 16.0 Å². The Kier molecular flexibility index (Phi) is 8.74. The Morgan fingerprint density at radius 1 is 1.27 bits per heavy atom. The third-order valence-corrected chi connectivity index (χ3v) is 9.16. The molecule has 4 fully saturated rings. The number of fused-ring (bicyclic) bond motifs is 3. The van der Waals surface area contributed by atoms with E-state index in [-0.39, 0.29) is 25.3 Å². The lowest BCUT2D eigenvalue weighted by atomic mass is 9.71. The van der Waals surface area contributed by atoms with Crippen molar-refractivity contribution in [2.24, 2.45) is 11.8 Å². The van der Waals surface area contributed by atoms with Crippen LogP contribution in [0.25, 0.3) is 0 Å². The van der Waals surface area contributed by atoms with Crippen LogP contribution in [0.4, 0.5) is 18.9 Å². The van der Waals surface area contributed by atoms with Gasteiger partial charge in [0.2, 0.25) is 32.7 Å². The standard InChI is InChI=1S/C26H32ClF3N4O5S/c1-14-19(27)4-3-5-20(14)32-13-22(35)34-17-6-7-18(26(29,30)12-17)23(34)25(37)33-16(11-21(28)40(2,38)39)10-15-8-9-31-24(15)36/h3-5,11,15-18,23,32H,6-10,12-13H2,1-2H3,(H,31,36)(H,33,37). The Labute approximate surface area is 235 Å². The first-order chi connectivity index (χ1) is 18.7. The number of rotatable bonds is 9. The molecule has 3 N–H and O–H groups in total. The van der Waals surface area contributed by atoms with E-state index < -0.39 is 69.1 Å². The zero-order valence-corrected chi connectivity index (χ0v) is 23.6. The van der Waals surface area contributed by atoms with Gasteiger partial charge >= 0.3 is 0 Å². The molecule has 3 heterocycles. The zero-order valence-electron chi connectivity index (χ0n) is 22.1. The highest BCUT2D eigenvalue weighted by atomic mass is 35.5. The van der Waals surface area contributed by atoms with Gasteiger partial charge in [-0.15, -0.1) is 0 Å². The molecule has 5 atom stereocenters. The van der Waals surface area contributed by atoms with E-state index in [1.165, 1.54) is 4.90 Å². The summed E-state index contributed by atoms with van der Waals surface area (Å²) in [4.78, 5) is 40.3. The van der Waals surface area contributed by atoms with E-state index in [0.717, 1.165) is 0 Å². The summed E-state index contributed by atoms with van der Waals surface area (Å²) in [6, 6.07) is 1.34. The van der Waals surface area contributed by atoms with Crippen molar-refractivity contribution in [2.45, 2.75) is 63.1 Å². The Morgan fingerprint density at radius 3 is 2.62 bits per heavy atom. The molecule has 1 aromatic carbocycles. The van der Waals surface area contributed by atoms with Crippen molar-refractivity contribution in [3.63, 3.8) is 0 Å². The maximum absolute atomic E-state index is 15.0. The molecule has 220 valence electrons. The minimum Gasteiger partial charge on any atom is -0.376 e. The summed E-state index contributed by atoms with van der Waals surface area (Å²) in [6.45, 7) is 1.83. The average molecular weight is 605 g/mol. The Morgan fingerprint density at radius 2 is 2.00 bits per heavy atom. The molecule has 2 bridgehead atoms.